The standard InChI is InChI=1S/C13H19N5O/c1-4-17-8-6-7-11(13(17)19)14-9-12-10(3)15-18(5-2)16-12/h6-8,14H,4-5,9H2,1-3H3. The molecule has 0 saturated heterocycles. The highest BCUT2D eigenvalue weighted by molar-refractivity contribution is 5.40. The Morgan fingerprint density at radius 1 is 1.26 bits per heavy atom. The minimum atomic E-state index is -0.00876. The number of anilines is 1. The highest BCUT2D eigenvalue weighted by atomic mass is 16.1. The highest BCUT2D eigenvalue weighted by Crippen LogP contribution is 2.05. The summed E-state index contributed by atoms with van der Waals surface area (Å²) >= 11 is 0. The minimum Gasteiger partial charge on any atom is -0.375 e. The first-order valence-electron chi connectivity index (χ1n) is 6.49. The van der Waals surface area contributed by atoms with Crippen LogP contribution >= 0.6 is 0 Å². The number of aryl methyl sites for hydroxylation is 3. The molecule has 2 rings (SSSR count). The van der Waals surface area contributed by atoms with Gasteiger partial charge in [0.05, 0.1) is 18.8 Å². The van der Waals surface area contributed by atoms with Crippen LogP contribution in [0.3, 0.4) is 0 Å². The van der Waals surface area contributed by atoms with Crippen LogP contribution in [0.5, 0.6) is 0 Å². The summed E-state index contributed by atoms with van der Waals surface area (Å²) in [6.07, 6.45) is 1.78. The Kier molecular flexibility index (Phi) is 3.99. The van der Waals surface area contributed by atoms with E-state index < -0.39 is 0 Å². The number of rotatable bonds is 5. The lowest BCUT2D eigenvalue weighted by Gasteiger charge is -2.07. The van der Waals surface area contributed by atoms with Crippen molar-refractivity contribution in [3.8, 4) is 0 Å². The predicted molar refractivity (Wildman–Crippen MR) is 74.1 cm³/mol. The van der Waals surface area contributed by atoms with Gasteiger partial charge >= 0.3 is 0 Å². The van der Waals surface area contributed by atoms with Crippen LogP contribution in [0.25, 0.3) is 0 Å². The molecule has 2 aromatic heterocycles. The van der Waals surface area contributed by atoms with Crippen LogP contribution in [0.4, 0.5) is 5.69 Å². The molecule has 0 fully saturated rings. The molecule has 0 unspecified atom stereocenters. The maximum Gasteiger partial charge on any atom is 0.273 e. The molecule has 0 bridgehead atoms. The lowest BCUT2D eigenvalue weighted by Crippen LogP contribution is -2.22. The highest BCUT2D eigenvalue weighted by Gasteiger charge is 2.07. The van der Waals surface area contributed by atoms with E-state index >= 15 is 0 Å². The van der Waals surface area contributed by atoms with Crippen LogP contribution < -0.4 is 10.9 Å². The lowest BCUT2D eigenvalue weighted by atomic mass is 10.3. The van der Waals surface area contributed by atoms with Gasteiger partial charge in [-0.05, 0) is 32.9 Å². The van der Waals surface area contributed by atoms with E-state index in [0.717, 1.165) is 17.9 Å². The molecule has 0 atom stereocenters. The Morgan fingerprint density at radius 2 is 2.05 bits per heavy atom. The van der Waals surface area contributed by atoms with Gasteiger partial charge < -0.3 is 9.88 Å². The van der Waals surface area contributed by atoms with Crippen molar-refractivity contribution in [2.45, 2.75) is 40.4 Å². The summed E-state index contributed by atoms with van der Waals surface area (Å²) in [6, 6.07) is 3.65. The molecular formula is C13H19N5O. The average Bonchev–Trinajstić information content (AvgIpc) is 2.78. The van der Waals surface area contributed by atoms with Crippen LogP contribution in [-0.2, 0) is 19.6 Å². The van der Waals surface area contributed by atoms with Gasteiger partial charge in [0, 0.05) is 12.7 Å². The van der Waals surface area contributed by atoms with E-state index in [2.05, 4.69) is 15.5 Å². The predicted octanol–water partition coefficient (Wildman–Crippen LogP) is 1.40. The number of aromatic nitrogens is 4. The first-order valence-corrected chi connectivity index (χ1v) is 6.49. The van der Waals surface area contributed by atoms with Crippen LogP contribution in [0.2, 0.25) is 0 Å². The monoisotopic (exact) mass is 261 g/mol. The van der Waals surface area contributed by atoms with Crippen LogP contribution in [0.1, 0.15) is 25.2 Å². The van der Waals surface area contributed by atoms with Crippen molar-refractivity contribution in [1.29, 1.82) is 0 Å². The fourth-order valence-electron chi connectivity index (χ4n) is 1.87. The Balaban J connectivity index is 2.14. The SMILES string of the molecule is CCn1nc(C)c(CNc2cccn(CC)c2=O)n1. The number of nitrogens with one attached hydrogen (secondary N) is 1. The van der Waals surface area contributed by atoms with Gasteiger partial charge in [0.15, 0.2) is 0 Å². The summed E-state index contributed by atoms with van der Waals surface area (Å²) in [5.74, 6) is 0. The van der Waals surface area contributed by atoms with Gasteiger partial charge in [-0.3, -0.25) is 4.79 Å². The van der Waals surface area contributed by atoms with E-state index in [0.29, 0.717) is 18.8 Å². The largest absolute Gasteiger partial charge is 0.375 e. The van der Waals surface area contributed by atoms with E-state index in [1.165, 1.54) is 0 Å². The summed E-state index contributed by atoms with van der Waals surface area (Å²) in [4.78, 5) is 13.7. The second-order valence-electron chi connectivity index (χ2n) is 4.29. The molecular weight excluding hydrogens is 242 g/mol. The summed E-state index contributed by atoms with van der Waals surface area (Å²) < 4.78 is 1.66. The second-order valence-corrected chi connectivity index (χ2v) is 4.29. The fraction of sp³-hybridized carbons (Fsp3) is 0.462. The maximum atomic E-state index is 12.0. The van der Waals surface area contributed by atoms with E-state index in [9.17, 15) is 4.79 Å². The zero-order valence-corrected chi connectivity index (χ0v) is 11.6. The van der Waals surface area contributed by atoms with E-state index in [1.807, 2.05) is 26.8 Å². The lowest BCUT2D eigenvalue weighted by molar-refractivity contribution is 0.562. The third-order valence-electron chi connectivity index (χ3n) is 3.01. The van der Waals surface area contributed by atoms with E-state index in [1.54, 1.807) is 21.6 Å². The molecule has 0 aromatic carbocycles. The third kappa shape index (κ3) is 2.83. The normalized spacial score (nSPS) is 10.7. The Labute approximate surface area is 112 Å². The van der Waals surface area contributed by atoms with Gasteiger partial charge in [-0.25, -0.2) is 0 Å². The topological polar surface area (TPSA) is 64.7 Å². The molecule has 1 N–H and O–H groups in total. The van der Waals surface area contributed by atoms with Crippen LogP contribution in [0.15, 0.2) is 23.1 Å². The zero-order valence-electron chi connectivity index (χ0n) is 11.6. The van der Waals surface area contributed by atoms with Gasteiger partial charge in [0.1, 0.15) is 11.4 Å². The molecule has 102 valence electrons. The van der Waals surface area contributed by atoms with Crippen molar-refractivity contribution in [1.82, 2.24) is 19.6 Å². The van der Waals surface area contributed by atoms with Gasteiger partial charge in [0.2, 0.25) is 0 Å². The van der Waals surface area contributed by atoms with Gasteiger partial charge in [0.25, 0.3) is 5.56 Å². The van der Waals surface area contributed by atoms with Crippen LogP contribution in [-0.4, -0.2) is 19.6 Å². The quantitative estimate of drug-likeness (QED) is 0.883. The molecule has 0 spiro atoms. The molecule has 0 amide bonds. The van der Waals surface area contributed by atoms with Gasteiger partial charge in [-0.2, -0.15) is 15.0 Å². The molecule has 0 saturated carbocycles. The van der Waals surface area contributed by atoms with Crippen molar-refractivity contribution in [2.75, 3.05) is 5.32 Å². The molecule has 0 aliphatic rings. The van der Waals surface area contributed by atoms with Crippen molar-refractivity contribution in [3.63, 3.8) is 0 Å². The summed E-state index contributed by atoms with van der Waals surface area (Å²) in [6.45, 7) is 7.78. The smallest absolute Gasteiger partial charge is 0.273 e. The Hall–Kier alpha value is -2.11. The number of pyridine rings is 1. The Bertz CT molecular complexity index is 614. The van der Waals surface area contributed by atoms with Crippen molar-refractivity contribution >= 4 is 5.69 Å². The zero-order chi connectivity index (χ0) is 13.8. The molecule has 19 heavy (non-hydrogen) atoms. The van der Waals surface area contributed by atoms with Crippen molar-refractivity contribution in [2.24, 2.45) is 0 Å². The van der Waals surface area contributed by atoms with Gasteiger partial charge in [-0.15, -0.1) is 0 Å². The summed E-state index contributed by atoms with van der Waals surface area (Å²) in [5, 5.41) is 11.8. The summed E-state index contributed by atoms with van der Waals surface area (Å²) in [7, 11) is 0. The number of hydrogen-bond donors (Lipinski definition) is 1. The third-order valence-corrected chi connectivity index (χ3v) is 3.01. The van der Waals surface area contributed by atoms with Crippen LogP contribution in [0, 0.1) is 6.92 Å². The minimum absolute atomic E-state index is 0.00876. The maximum absolute atomic E-state index is 12.0. The molecule has 0 radical (unpaired) electrons. The number of nitrogens with zero attached hydrogens (tertiary/aromatic N) is 4. The van der Waals surface area contributed by atoms with Crippen molar-refractivity contribution in [3.05, 3.63) is 40.1 Å². The van der Waals surface area contributed by atoms with Crippen molar-refractivity contribution < 1.29 is 0 Å². The molecule has 6 heteroatoms. The molecule has 0 aliphatic carbocycles. The van der Waals surface area contributed by atoms with E-state index in [-0.39, 0.29) is 5.56 Å². The summed E-state index contributed by atoms with van der Waals surface area (Å²) in [5.41, 5.74) is 2.34. The first-order chi connectivity index (χ1) is 9.15. The van der Waals surface area contributed by atoms with E-state index in [4.69, 9.17) is 0 Å². The average molecular weight is 261 g/mol. The Morgan fingerprint density at radius 3 is 2.68 bits per heavy atom. The second kappa shape index (κ2) is 5.69. The number of hydrogen-bond acceptors (Lipinski definition) is 4. The van der Waals surface area contributed by atoms with Gasteiger partial charge in [-0.1, -0.05) is 0 Å². The molecule has 6 nitrogen and oxygen atoms in total. The fourth-order valence-corrected chi connectivity index (χ4v) is 1.87. The molecule has 0 aliphatic heterocycles. The molecule has 2 aromatic rings. The first kappa shape index (κ1) is 13.3. The molecule has 2 heterocycles.